The second-order valence-electron chi connectivity index (χ2n) is 5.53. The van der Waals surface area contributed by atoms with E-state index in [9.17, 15) is 4.79 Å². The summed E-state index contributed by atoms with van der Waals surface area (Å²) in [7, 11) is 0. The summed E-state index contributed by atoms with van der Waals surface area (Å²) in [5, 5.41) is 12.9. The topological polar surface area (TPSA) is 98.5 Å². The van der Waals surface area contributed by atoms with Gasteiger partial charge in [0.25, 0.3) is 5.91 Å². The van der Waals surface area contributed by atoms with E-state index in [0.29, 0.717) is 17.4 Å². The number of nitrogens with one attached hydrogen (secondary N) is 4. The Morgan fingerprint density at radius 1 is 1.43 bits per heavy atom. The molecule has 3 rings (SSSR count). The molecule has 2 aromatic rings. The average Bonchev–Trinajstić information content (AvgIpc) is 3.06. The van der Waals surface area contributed by atoms with Gasteiger partial charge in [0.2, 0.25) is 0 Å². The molecule has 0 saturated carbocycles. The van der Waals surface area contributed by atoms with Crippen LogP contribution in [0.25, 0.3) is 0 Å². The lowest BCUT2D eigenvalue weighted by atomic mass is 9.99. The summed E-state index contributed by atoms with van der Waals surface area (Å²) < 4.78 is 0. The molecule has 21 heavy (non-hydrogen) atoms. The number of carbonyl (C=O) groups excluding carboxylic acids is 1. The van der Waals surface area contributed by atoms with E-state index < -0.39 is 0 Å². The molecule has 7 nitrogen and oxygen atoms in total. The monoisotopic (exact) mass is 288 g/mol. The van der Waals surface area contributed by atoms with Crippen LogP contribution < -0.4 is 10.6 Å². The van der Waals surface area contributed by atoms with Crippen LogP contribution in [0.1, 0.15) is 46.5 Å². The van der Waals surface area contributed by atoms with Crippen molar-refractivity contribution in [3.05, 3.63) is 29.0 Å². The summed E-state index contributed by atoms with van der Waals surface area (Å²) in [6.45, 7) is 5.72. The number of aromatic amines is 2. The van der Waals surface area contributed by atoms with Gasteiger partial charge in [-0.05, 0) is 33.2 Å². The maximum absolute atomic E-state index is 12.3. The summed E-state index contributed by atoms with van der Waals surface area (Å²) in [4.78, 5) is 20.0. The molecule has 0 aliphatic carbocycles. The summed E-state index contributed by atoms with van der Waals surface area (Å²) in [5.41, 5.74) is 2.13. The first kappa shape index (κ1) is 13.8. The van der Waals surface area contributed by atoms with Crippen LogP contribution in [0.3, 0.4) is 0 Å². The summed E-state index contributed by atoms with van der Waals surface area (Å²) in [5.74, 6) is 1.53. The minimum absolute atomic E-state index is 0.231. The third kappa shape index (κ3) is 2.97. The van der Waals surface area contributed by atoms with E-state index in [-0.39, 0.29) is 5.91 Å². The molecule has 1 saturated heterocycles. The number of piperidine rings is 1. The van der Waals surface area contributed by atoms with Crippen LogP contribution in [0.4, 0.5) is 5.82 Å². The first-order valence-electron chi connectivity index (χ1n) is 7.24. The number of rotatable bonds is 3. The zero-order valence-electron chi connectivity index (χ0n) is 12.3. The number of anilines is 1. The van der Waals surface area contributed by atoms with Crippen LogP contribution in [0.2, 0.25) is 0 Å². The number of hydrogen-bond donors (Lipinski definition) is 4. The van der Waals surface area contributed by atoms with Crippen LogP contribution in [0.5, 0.6) is 0 Å². The molecular formula is C14H20N6O. The molecule has 0 aromatic carbocycles. The number of hydrogen-bond acceptors (Lipinski definition) is 4. The molecule has 1 aliphatic heterocycles. The Kier molecular flexibility index (Phi) is 3.74. The first-order valence-corrected chi connectivity index (χ1v) is 7.24. The maximum Gasteiger partial charge on any atom is 0.277 e. The van der Waals surface area contributed by atoms with Crippen LogP contribution in [-0.4, -0.2) is 39.2 Å². The van der Waals surface area contributed by atoms with Crippen molar-refractivity contribution in [2.45, 2.75) is 32.6 Å². The second kappa shape index (κ2) is 5.69. The van der Waals surface area contributed by atoms with E-state index >= 15 is 0 Å². The number of carbonyl (C=O) groups is 1. The minimum atomic E-state index is -0.231. The Hall–Kier alpha value is -2.15. The van der Waals surface area contributed by atoms with E-state index in [4.69, 9.17) is 0 Å². The number of amides is 1. The molecule has 2 aromatic heterocycles. The molecule has 4 N–H and O–H groups in total. The van der Waals surface area contributed by atoms with Gasteiger partial charge < -0.3 is 15.6 Å². The number of imidazole rings is 1. The minimum Gasteiger partial charge on any atom is -0.345 e. The van der Waals surface area contributed by atoms with Crippen molar-refractivity contribution in [2.24, 2.45) is 0 Å². The van der Waals surface area contributed by atoms with Crippen LogP contribution >= 0.6 is 0 Å². The van der Waals surface area contributed by atoms with Crippen molar-refractivity contribution in [2.75, 3.05) is 18.4 Å². The molecule has 1 atom stereocenters. The van der Waals surface area contributed by atoms with Gasteiger partial charge in [0.15, 0.2) is 5.82 Å². The third-order valence-corrected chi connectivity index (χ3v) is 3.75. The summed E-state index contributed by atoms with van der Waals surface area (Å²) >= 11 is 0. The molecule has 7 heteroatoms. The predicted octanol–water partition coefficient (Wildman–Crippen LogP) is 1.47. The van der Waals surface area contributed by atoms with Gasteiger partial charge in [-0.15, -0.1) is 0 Å². The highest BCUT2D eigenvalue weighted by Crippen LogP contribution is 2.22. The average molecular weight is 288 g/mol. The zero-order valence-corrected chi connectivity index (χ0v) is 12.3. The van der Waals surface area contributed by atoms with Crippen LogP contribution in [0, 0.1) is 13.8 Å². The summed E-state index contributed by atoms with van der Waals surface area (Å²) in [6.07, 6.45) is 2.23. The molecule has 112 valence electrons. The molecule has 3 heterocycles. The smallest absolute Gasteiger partial charge is 0.277 e. The van der Waals surface area contributed by atoms with Gasteiger partial charge in [-0.2, -0.15) is 5.10 Å². The van der Waals surface area contributed by atoms with Gasteiger partial charge in [-0.25, -0.2) is 4.98 Å². The largest absolute Gasteiger partial charge is 0.345 e. The predicted molar refractivity (Wildman–Crippen MR) is 79.4 cm³/mol. The Bertz CT molecular complexity index is 638. The molecule has 0 radical (unpaired) electrons. The van der Waals surface area contributed by atoms with Gasteiger partial charge in [0, 0.05) is 29.9 Å². The van der Waals surface area contributed by atoms with E-state index in [1.807, 2.05) is 13.8 Å². The quantitative estimate of drug-likeness (QED) is 0.687. The van der Waals surface area contributed by atoms with Crippen molar-refractivity contribution in [3.63, 3.8) is 0 Å². The van der Waals surface area contributed by atoms with Gasteiger partial charge in [0.05, 0.1) is 0 Å². The van der Waals surface area contributed by atoms with Crippen LogP contribution in [-0.2, 0) is 0 Å². The number of aromatic nitrogens is 4. The maximum atomic E-state index is 12.3. The molecule has 1 amide bonds. The lowest BCUT2D eigenvalue weighted by molar-refractivity contribution is 0.102. The highest BCUT2D eigenvalue weighted by Gasteiger charge is 2.22. The normalized spacial score (nSPS) is 18.7. The Morgan fingerprint density at radius 2 is 2.29 bits per heavy atom. The molecule has 1 aliphatic rings. The fraction of sp³-hybridized carbons (Fsp3) is 0.500. The fourth-order valence-corrected chi connectivity index (χ4v) is 2.64. The highest BCUT2D eigenvalue weighted by molar-refractivity contribution is 6.03. The van der Waals surface area contributed by atoms with Gasteiger partial charge in [-0.1, -0.05) is 0 Å². The Labute approximate surface area is 122 Å². The number of nitrogens with zero attached hydrogens (tertiary/aromatic N) is 2. The van der Waals surface area contributed by atoms with Crippen molar-refractivity contribution >= 4 is 11.7 Å². The number of aryl methyl sites for hydroxylation is 2. The molecular weight excluding hydrogens is 268 g/mol. The Balaban J connectivity index is 1.75. The number of H-pyrrole nitrogens is 2. The van der Waals surface area contributed by atoms with Crippen LogP contribution in [0.15, 0.2) is 6.07 Å². The lowest BCUT2D eigenvalue weighted by Crippen LogP contribution is -2.29. The highest BCUT2D eigenvalue weighted by atomic mass is 16.2. The fourth-order valence-electron chi connectivity index (χ4n) is 2.64. The SMILES string of the molecule is Cc1cc(NC(=O)c2nc([C@H]3CCCNC3)[nH]c2C)n[nH]1. The van der Waals surface area contributed by atoms with E-state index in [1.54, 1.807) is 6.07 Å². The third-order valence-electron chi connectivity index (χ3n) is 3.75. The van der Waals surface area contributed by atoms with Crippen molar-refractivity contribution in [3.8, 4) is 0 Å². The van der Waals surface area contributed by atoms with Gasteiger partial charge in [0.1, 0.15) is 11.5 Å². The molecule has 1 fully saturated rings. The van der Waals surface area contributed by atoms with Crippen molar-refractivity contribution in [1.29, 1.82) is 0 Å². The molecule has 0 spiro atoms. The van der Waals surface area contributed by atoms with Gasteiger partial charge >= 0.3 is 0 Å². The molecule has 0 bridgehead atoms. The van der Waals surface area contributed by atoms with Crippen molar-refractivity contribution < 1.29 is 4.79 Å². The Morgan fingerprint density at radius 3 is 2.95 bits per heavy atom. The lowest BCUT2D eigenvalue weighted by Gasteiger charge is -2.20. The zero-order chi connectivity index (χ0) is 14.8. The van der Waals surface area contributed by atoms with Crippen molar-refractivity contribution in [1.82, 2.24) is 25.5 Å². The van der Waals surface area contributed by atoms with E-state index in [1.165, 1.54) is 0 Å². The second-order valence-corrected chi connectivity index (χ2v) is 5.53. The van der Waals surface area contributed by atoms with E-state index in [0.717, 1.165) is 43.1 Å². The first-order chi connectivity index (χ1) is 10.1. The summed E-state index contributed by atoms with van der Waals surface area (Å²) in [6, 6.07) is 1.78. The van der Waals surface area contributed by atoms with E-state index in [2.05, 4.69) is 30.8 Å². The van der Waals surface area contributed by atoms with Gasteiger partial charge in [-0.3, -0.25) is 9.89 Å². The molecule has 0 unspecified atom stereocenters. The standard InChI is InChI=1S/C14H20N6O/c1-8-6-11(20-19-8)17-14(21)12-9(2)16-13(18-12)10-4-3-5-15-7-10/h6,10,15H,3-5,7H2,1-2H3,(H,16,18)(H2,17,19,20,21)/t10-/m0/s1.